The average Bonchev–Trinajstić information content (AvgIpc) is 2.76. The van der Waals surface area contributed by atoms with Gasteiger partial charge in [0.05, 0.1) is 6.54 Å². The topological polar surface area (TPSA) is 44.4 Å². The molecule has 0 aliphatic heterocycles. The van der Waals surface area contributed by atoms with E-state index in [4.69, 9.17) is 0 Å². The van der Waals surface area contributed by atoms with Crippen LogP contribution in [0.2, 0.25) is 0 Å². The summed E-state index contributed by atoms with van der Waals surface area (Å²) in [5.74, 6) is 0.143. The molecule has 17 heavy (non-hydrogen) atoms. The quantitative estimate of drug-likeness (QED) is 0.653. The van der Waals surface area contributed by atoms with E-state index in [0.29, 0.717) is 18.6 Å². The van der Waals surface area contributed by atoms with Crippen molar-refractivity contribution in [2.24, 2.45) is 0 Å². The van der Waals surface area contributed by atoms with Crippen LogP contribution in [0.3, 0.4) is 0 Å². The van der Waals surface area contributed by atoms with Gasteiger partial charge in [-0.05, 0) is 33.7 Å². The zero-order chi connectivity index (χ0) is 12.7. The lowest BCUT2D eigenvalue weighted by atomic mass is 10.2. The molecule has 0 bridgehead atoms. The second-order valence-corrected chi connectivity index (χ2v) is 5.30. The van der Waals surface area contributed by atoms with Crippen molar-refractivity contribution >= 4 is 5.91 Å². The van der Waals surface area contributed by atoms with Gasteiger partial charge in [0.15, 0.2) is 0 Å². The largest absolute Gasteiger partial charge is 0.352 e. The molecule has 0 unspecified atom stereocenters. The fraction of sp³-hybridized carbons (Fsp3) is 0.923. The molecule has 0 aromatic carbocycles. The molecule has 1 saturated carbocycles. The Morgan fingerprint density at radius 1 is 1.35 bits per heavy atom. The van der Waals surface area contributed by atoms with E-state index in [-0.39, 0.29) is 5.91 Å². The lowest BCUT2D eigenvalue weighted by Crippen LogP contribution is -2.41. The number of amides is 1. The third-order valence-corrected chi connectivity index (χ3v) is 3.53. The van der Waals surface area contributed by atoms with Gasteiger partial charge in [0.2, 0.25) is 5.91 Å². The Balaban J connectivity index is 2.00. The molecule has 1 amide bonds. The fourth-order valence-electron chi connectivity index (χ4n) is 2.06. The van der Waals surface area contributed by atoms with Crippen LogP contribution in [0.4, 0.5) is 0 Å². The molecule has 0 aromatic heterocycles. The Hall–Kier alpha value is -0.610. The van der Waals surface area contributed by atoms with E-state index in [2.05, 4.69) is 36.4 Å². The van der Waals surface area contributed by atoms with Crippen LogP contribution < -0.4 is 10.6 Å². The summed E-state index contributed by atoms with van der Waals surface area (Å²) in [6.07, 6.45) is 4.83. The minimum absolute atomic E-state index is 0.143. The number of rotatable bonds is 7. The monoisotopic (exact) mass is 241 g/mol. The summed E-state index contributed by atoms with van der Waals surface area (Å²) >= 11 is 0. The van der Waals surface area contributed by atoms with Crippen molar-refractivity contribution in [2.75, 3.05) is 26.7 Å². The summed E-state index contributed by atoms with van der Waals surface area (Å²) in [4.78, 5) is 13.9. The number of carbonyl (C=O) groups excluding carboxylic acids is 1. The van der Waals surface area contributed by atoms with Gasteiger partial charge in [-0.3, -0.25) is 4.79 Å². The molecular formula is C13H27N3O. The molecule has 0 aromatic rings. The molecule has 1 rings (SSSR count). The van der Waals surface area contributed by atoms with Gasteiger partial charge in [0, 0.05) is 25.2 Å². The molecule has 0 saturated heterocycles. The summed E-state index contributed by atoms with van der Waals surface area (Å²) in [7, 11) is 2.10. The average molecular weight is 241 g/mol. The highest BCUT2D eigenvalue weighted by molar-refractivity contribution is 5.78. The smallest absolute Gasteiger partial charge is 0.234 e. The summed E-state index contributed by atoms with van der Waals surface area (Å²) < 4.78 is 0. The van der Waals surface area contributed by atoms with Crippen molar-refractivity contribution in [1.82, 2.24) is 15.5 Å². The van der Waals surface area contributed by atoms with Gasteiger partial charge >= 0.3 is 0 Å². The second kappa shape index (κ2) is 7.67. The number of hydrogen-bond donors (Lipinski definition) is 2. The molecule has 4 nitrogen and oxygen atoms in total. The molecule has 4 heteroatoms. The van der Waals surface area contributed by atoms with Crippen molar-refractivity contribution in [3.05, 3.63) is 0 Å². The highest BCUT2D eigenvalue weighted by atomic mass is 16.1. The van der Waals surface area contributed by atoms with E-state index in [1.807, 2.05) is 0 Å². The van der Waals surface area contributed by atoms with Crippen molar-refractivity contribution in [3.8, 4) is 0 Å². The van der Waals surface area contributed by atoms with Gasteiger partial charge in [-0.25, -0.2) is 0 Å². The normalized spacial score (nSPS) is 17.0. The van der Waals surface area contributed by atoms with Gasteiger partial charge in [0.1, 0.15) is 0 Å². The van der Waals surface area contributed by atoms with Gasteiger partial charge < -0.3 is 15.5 Å². The molecule has 0 spiro atoms. The van der Waals surface area contributed by atoms with Crippen LogP contribution in [0.15, 0.2) is 0 Å². The van der Waals surface area contributed by atoms with Crippen molar-refractivity contribution in [3.63, 3.8) is 0 Å². The first-order valence-electron chi connectivity index (χ1n) is 6.80. The van der Waals surface area contributed by atoms with Crippen molar-refractivity contribution < 1.29 is 4.79 Å². The standard InChI is InChI=1S/C13H27N3O/c1-11(2)16(3)9-8-14-10-13(17)15-12-6-4-5-7-12/h11-12,14H,4-10H2,1-3H3,(H,15,17). The van der Waals surface area contributed by atoms with Gasteiger partial charge in [-0.2, -0.15) is 0 Å². The van der Waals surface area contributed by atoms with E-state index in [1.165, 1.54) is 12.8 Å². The second-order valence-electron chi connectivity index (χ2n) is 5.30. The number of hydrogen-bond acceptors (Lipinski definition) is 3. The minimum atomic E-state index is 0.143. The van der Waals surface area contributed by atoms with Gasteiger partial charge in [-0.15, -0.1) is 0 Å². The number of carbonyl (C=O) groups is 1. The maximum atomic E-state index is 11.6. The van der Waals surface area contributed by atoms with E-state index in [0.717, 1.165) is 25.9 Å². The molecule has 1 aliphatic carbocycles. The summed E-state index contributed by atoms with van der Waals surface area (Å²) in [6.45, 7) is 6.64. The maximum Gasteiger partial charge on any atom is 0.234 e. The van der Waals surface area contributed by atoms with Crippen molar-refractivity contribution in [1.29, 1.82) is 0 Å². The summed E-state index contributed by atoms with van der Waals surface area (Å²) in [5, 5.41) is 6.27. The van der Waals surface area contributed by atoms with Gasteiger partial charge in [-0.1, -0.05) is 12.8 Å². The lowest BCUT2D eigenvalue weighted by Gasteiger charge is -2.21. The maximum absolute atomic E-state index is 11.6. The van der Waals surface area contributed by atoms with E-state index < -0.39 is 0 Å². The first kappa shape index (κ1) is 14.5. The Morgan fingerprint density at radius 3 is 2.59 bits per heavy atom. The van der Waals surface area contributed by atoms with E-state index >= 15 is 0 Å². The number of likely N-dealkylation sites (N-methyl/N-ethyl adjacent to an activating group) is 1. The number of nitrogens with zero attached hydrogens (tertiary/aromatic N) is 1. The number of nitrogens with one attached hydrogen (secondary N) is 2. The Labute approximate surface area is 105 Å². The van der Waals surface area contributed by atoms with E-state index in [9.17, 15) is 4.79 Å². The molecule has 1 fully saturated rings. The van der Waals surface area contributed by atoms with Crippen LogP contribution in [0.1, 0.15) is 39.5 Å². The van der Waals surface area contributed by atoms with Gasteiger partial charge in [0.25, 0.3) is 0 Å². The fourth-order valence-corrected chi connectivity index (χ4v) is 2.06. The molecule has 100 valence electrons. The molecule has 0 atom stereocenters. The van der Waals surface area contributed by atoms with Crippen LogP contribution in [-0.2, 0) is 4.79 Å². The summed E-state index contributed by atoms with van der Waals surface area (Å²) in [6, 6.07) is 0.992. The molecular weight excluding hydrogens is 214 g/mol. The third kappa shape index (κ3) is 6.03. The summed E-state index contributed by atoms with van der Waals surface area (Å²) in [5.41, 5.74) is 0. The first-order chi connectivity index (χ1) is 8.09. The molecule has 0 heterocycles. The zero-order valence-electron chi connectivity index (χ0n) is 11.5. The molecule has 2 N–H and O–H groups in total. The Kier molecular flexibility index (Phi) is 6.52. The van der Waals surface area contributed by atoms with Crippen LogP contribution >= 0.6 is 0 Å². The van der Waals surface area contributed by atoms with Crippen molar-refractivity contribution in [2.45, 2.75) is 51.6 Å². The highest BCUT2D eigenvalue weighted by Crippen LogP contribution is 2.17. The zero-order valence-corrected chi connectivity index (χ0v) is 11.5. The Bertz CT molecular complexity index is 225. The highest BCUT2D eigenvalue weighted by Gasteiger charge is 2.16. The lowest BCUT2D eigenvalue weighted by molar-refractivity contribution is -0.120. The first-order valence-corrected chi connectivity index (χ1v) is 6.80. The van der Waals surface area contributed by atoms with E-state index in [1.54, 1.807) is 0 Å². The van der Waals surface area contributed by atoms with Crippen LogP contribution in [0, 0.1) is 0 Å². The van der Waals surface area contributed by atoms with Crippen LogP contribution in [0.5, 0.6) is 0 Å². The van der Waals surface area contributed by atoms with Crippen LogP contribution in [-0.4, -0.2) is 49.6 Å². The predicted octanol–water partition coefficient (Wildman–Crippen LogP) is 0.975. The van der Waals surface area contributed by atoms with Crippen LogP contribution in [0.25, 0.3) is 0 Å². The minimum Gasteiger partial charge on any atom is -0.352 e. The molecule has 0 radical (unpaired) electrons. The Morgan fingerprint density at radius 2 is 2.00 bits per heavy atom. The predicted molar refractivity (Wildman–Crippen MR) is 71.0 cm³/mol. The third-order valence-electron chi connectivity index (χ3n) is 3.53. The molecule has 1 aliphatic rings. The SMILES string of the molecule is CC(C)N(C)CCNCC(=O)NC1CCCC1.